The first kappa shape index (κ1) is 20.3. The molecule has 1 fully saturated rings. The van der Waals surface area contributed by atoms with Crippen LogP contribution in [0.3, 0.4) is 0 Å². The van der Waals surface area contributed by atoms with Gasteiger partial charge in [-0.1, -0.05) is 0 Å². The van der Waals surface area contributed by atoms with Crippen LogP contribution in [0.25, 0.3) is 0 Å². The molecule has 0 spiro atoms. The maximum absolute atomic E-state index is 12.7. The first-order valence-corrected chi connectivity index (χ1v) is 9.08. The topological polar surface area (TPSA) is 94.2 Å². The van der Waals surface area contributed by atoms with Crippen molar-refractivity contribution < 1.29 is 28.6 Å². The maximum atomic E-state index is 12.7. The number of nitrogens with zero attached hydrogens (tertiary/aromatic N) is 1. The van der Waals surface area contributed by atoms with Gasteiger partial charge in [0.1, 0.15) is 0 Å². The van der Waals surface area contributed by atoms with E-state index in [1.54, 1.807) is 12.1 Å². The molecule has 8 heteroatoms. The number of anilines is 2. The summed E-state index contributed by atoms with van der Waals surface area (Å²) in [7, 11) is 2.50. The normalized spacial score (nSPS) is 13.5. The minimum atomic E-state index is -0.626. The number of ether oxygens (including phenoxy) is 3. The van der Waals surface area contributed by atoms with Gasteiger partial charge in [0.25, 0.3) is 5.91 Å². The Kier molecular flexibility index (Phi) is 6.46. The predicted molar refractivity (Wildman–Crippen MR) is 107 cm³/mol. The number of benzene rings is 2. The second-order valence-electron chi connectivity index (χ2n) is 6.34. The zero-order valence-corrected chi connectivity index (χ0v) is 16.3. The molecule has 1 heterocycles. The van der Waals surface area contributed by atoms with Crippen molar-refractivity contribution in [3.8, 4) is 0 Å². The molecule has 152 valence electrons. The van der Waals surface area contributed by atoms with Crippen molar-refractivity contribution in [2.24, 2.45) is 0 Å². The molecule has 0 aliphatic carbocycles. The van der Waals surface area contributed by atoms with E-state index in [1.165, 1.54) is 32.4 Å². The van der Waals surface area contributed by atoms with Crippen LogP contribution in [-0.4, -0.2) is 58.4 Å². The molecule has 0 bridgehead atoms. The van der Waals surface area contributed by atoms with Crippen LogP contribution in [0, 0.1) is 0 Å². The molecule has 8 nitrogen and oxygen atoms in total. The molecule has 0 aromatic heterocycles. The molecular formula is C21H22N2O6. The Morgan fingerprint density at radius 2 is 1.52 bits per heavy atom. The molecule has 2 aromatic rings. The zero-order chi connectivity index (χ0) is 20.8. The summed E-state index contributed by atoms with van der Waals surface area (Å²) in [6.07, 6.45) is 0. The lowest BCUT2D eigenvalue weighted by molar-refractivity contribution is 0.0587. The molecule has 0 unspecified atom stereocenters. The van der Waals surface area contributed by atoms with Crippen molar-refractivity contribution in [2.45, 2.75) is 0 Å². The van der Waals surface area contributed by atoms with Crippen molar-refractivity contribution in [3.63, 3.8) is 0 Å². The van der Waals surface area contributed by atoms with Gasteiger partial charge in [-0.3, -0.25) is 4.79 Å². The molecular weight excluding hydrogens is 376 g/mol. The third-order valence-corrected chi connectivity index (χ3v) is 4.60. The number of rotatable bonds is 5. The number of nitrogens with one attached hydrogen (secondary N) is 1. The zero-order valence-electron chi connectivity index (χ0n) is 16.3. The molecule has 3 rings (SSSR count). The second kappa shape index (κ2) is 9.20. The Morgan fingerprint density at radius 1 is 0.897 bits per heavy atom. The van der Waals surface area contributed by atoms with Crippen molar-refractivity contribution >= 4 is 29.2 Å². The van der Waals surface area contributed by atoms with Gasteiger partial charge in [0.15, 0.2) is 0 Å². The Morgan fingerprint density at radius 3 is 2.14 bits per heavy atom. The first-order valence-electron chi connectivity index (χ1n) is 9.08. The van der Waals surface area contributed by atoms with Crippen LogP contribution in [0.4, 0.5) is 11.4 Å². The van der Waals surface area contributed by atoms with Crippen molar-refractivity contribution in [2.75, 3.05) is 50.7 Å². The van der Waals surface area contributed by atoms with Crippen LogP contribution in [-0.2, 0) is 14.2 Å². The number of carbonyl (C=O) groups is 3. The SMILES string of the molecule is COC(=O)c1ccc(C(=O)OC)c(NC(=O)c2ccc(N3CCOCC3)cc2)c1. The van der Waals surface area contributed by atoms with Crippen molar-refractivity contribution in [1.29, 1.82) is 0 Å². The average Bonchev–Trinajstić information content (AvgIpc) is 2.78. The molecule has 1 aliphatic heterocycles. The van der Waals surface area contributed by atoms with E-state index in [-0.39, 0.29) is 16.8 Å². The molecule has 0 saturated carbocycles. The molecule has 0 radical (unpaired) electrons. The minimum absolute atomic E-state index is 0.137. The summed E-state index contributed by atoms with van der Waals surface area (Å²) in [5, 5.41) is 2.68. The Bertz CT molecular complexity index is 904. The highest BCUT2D eigenvalue weighted by molar-refractivity contribution is 6.09. The van der Waals surface area contributed by atoms with Gasteiger partial charge in [0.05, 0.1) is 44.2 Å². The van der Waals surface area contributed by atoms with E-state index in [0.717, 1.165) is 18.8 Å². The Balaban J connectivity index is 1.81. The van der Waals surface area contributed by atoms with E-state index >= 15 is 0 Å². The largest absolute Gasteiger partial charge is 0.465 e. The molecule has 1 amide bonds. The van der Waals surface area contributed by atoms with Crippen LogP contribution in [0.2, 0.25) is 0 Å². The molecule has 1 saturated heterocycles. The summed E-state index contributed by atoms with van der Waals surface area (Å²) in [6.45, 7) is 2.95. The van der Waals surface area contributed by atoms with Crippen LogP contribution in [0.1, 0.15) is 31.1 Å². The summed E-state index contributed by atoms with van der Waals surface area (Å²) in [5.41, 5.74) is 1.94. The smallest absolute Gasteiger partial charge is 0.339 e. The van der Waals surface area contributed by atoms with Crippen LogP contribution in [0.15, 0.2) is 42.5 Å². The third-order valence-electron chi connectivity index (χ3n) is 4.60. The summed E-state index contributed by atoms with van der Waals surface area (Å²) >= 11 is 0. The predicted octanol–water partition coefficient (Wildman–Crippen LogP) is 2.35. The van der Waals surface area contributed by atoms with Gasteiger partial charge >= 0.3 is 11.9 Å². The fraction of sp³-hybridized carbons (Fsp3) is 0.286. The quantitative estimate of drug-likeness (QED) is 0.773. The second-order valence-corrected chi connectivity index (χ2v) is 6.34. The number of morpholine rings is 1. The van der Waals surface area contributed by atoms with Crippen molar-refractivity contribution in [1.82, 2.24) is 0 Å². The standard InChI is InChI=1S/C21H22N2O6/c1-27-20(25)15-5-8-17(21(26)28-2)18(13-15)22-19(24)14-3-6-16(7-4-14)23-9-11-29-12-10-23/h3-8,13H,9-12H2,1-2H3,(H,22,24). The molecule has 0 atom stereocenters. The van der Waals surface area contributed by atoms with Gasteiger partial charge in [-0.25, -0.2) is 9.59 Å². The van der Waals surface area contributed by atoms with Crippen LogP contribution >= 0.6 is 0 Å². The number of hydrogen-bond donors (Lipinski definition) is 1. The van der Waals surface area contributed by atoms with Gasteiger partial charge in [0.2, 0.25) is 0 Å². The summed E-state index contributed by atoms with van der Waals surface area (Å²) < 4.78 is 14.8. The molecule has 2 aromatic carbocycles. The minimum Gasteiger partial charge on any atom is -0.465 e. The van der Waals surface area contributed by atoms with Gasteiger partial charge in [-0.15, -0.1) is 0 Å². The highest BCUT2D eigenvalue weighted by atomic mass is 16.5. The average molecular weight is 398 g/mol. The fourth-order valence-electron chi connectivity index (χ4n) is 3.02. The highest BCUT2D eigenvalue weighted by Gasteiger charge is 2.18. The number of esters is 2. The molecule has 1 aliphatic rings. The summed E-state index contributed by atoms with van der Waals surface area (Å²) in [4.78, 5) is 38.7. The van der Waals surface area contributed by atoms with Crippen LogP contribution in [0.5, 0.6) is 0 Å². The third kappa shape index (κ3) is 4.72. The molecule has 29 heavy (non-hydrogen) atoms. The number of amides is 1. The van der Waals surface area contributed by atoms with E-state index < -0.39 is 17.8 Å². The van der Waals surface area contributed by atoms with E-state index in [4.69, 9.17) is 14.2 Å². The molecule has 1 N–H and O–H groups in total. The first-order chi connectivity index (χ1) is 14.0. The fourth-order valence-corrected chi connectivity index (χ4v) is 3.02. The van der Waals surface area contributed by atoms with E-state index in [0.29, 0.717) is 18.8 Å². The lowest BCUT2D eigenvalue weighted by atomic mass is 10.1. The van der Waals surface area contributed by atoms with Gasteiger partial charge in [-0.05, 0) is 42.5 Å². The number of carbonyl (C=O) groups excluding carboxylic acids is 3. The number of methoxy groups -OCH3 is 2. The maximum Gasteiger partial charge on any atom is 0.339 e. The Hall–Kier alpha value is -3.39. The summed E-state index contributed by atoms with van der Waals surface area (Å²) in [6, 6.07) is 11.4. The van der Waals surface area contributed by atoms with Gasteiger partial charge in [0, 0.05) is 24.3 Å². The van der Waals surface area contributed by atoms with E-state index in [1.807, 2.05) is 12.1 Å². The van der Waals surface area contributed by atoms with Crippen LogP contribution < -0.4 is 10.2 Å². The number of hydrogen-bond acceptors (Lipinski definition) is 7. The van der Waals surface area contributed by atoms with Gasteiger partial charge in [-0.2, -0.15) is 0 Å². The van der Waals surface area contributed by atoms with E-state index in [9.17, 15) is 14.4 Å². The highest BCUT2D eigenvalue weighted by Crippen LogP contribution is 2.22. The lowest BCUT2D eigenvalue weighted by Crippen LogP contribution is -2.36. The van der Waals surface area contributed by atoms with E-state index in [2.05, 4.69) is 10.2 Å². The lowest BCUT2D eigenvalue weighted by Gasteiger charge is -2.28. The van der Waals surface area contributed by atoms with Crippen molar-refractivity contribution in [3.05, 3.63) is 59.2 Å². The monoisotopic (exact) mass is 398 g/mol. The Labute approximate surface area is 168 Å². The van der Waals surface area contributed by atoms with Gasteiger partial charge < -0.3 is 24.4 Å². The summed E-state index contributed by atoms with van der Waals surface area (Å²) in [5.74, 6) is -1.61.